The molecule has 1 aliphatic carbocycles. The molecule has 1 aliphatic rings. The normalized spacial score (nSPS) is 23.0. The summed E-state index contributed by atoms with van der Waals surface area (Å²) in [5, 5.41) is -0.827. The number of carbonyl (C=O) groups excluding carboxylic acids is 1. The van der Waals surface area contributed by atoms with Crippen molar-refractivity contribution in [3.05, 3.63) is 0 Å². The molecule has 1 rings (SSSR count). The van der Waals surface area contributed by atoms with Crippen LogP contribution in [0.4, 0.5) is 4.39 Å². The summed E-state index contributed by atoms with van der Waals surface area (Å²) in [5.41, 5.74) is 0. The smallest absolute Gasteiger partial charge is 0.256 e. The third-order valence-electron chi connectivity index (χ3n) is 2.03. The van der Waals surface area contributed by atoms with Gasteiger partial charge in [-0.3, -0.25) is 4.79 Å². The van der Waals surface area contributed by atoms with Gasteiger partial charge in [-0.1, -0.05) is 12.8 Å². The molecule has 0 saturated heterocycles. The Labute approximate surface area is 64.6 Å². The van der Waals surface area contributed by atoms with Gasteiger partial charge in [-0.25, -0.2) is 4.39 Å². The summed E-state index contributed by atoms with van der Waals surface area (Å²) in [7, 11) is 0. The minimum atomic E-state index is -1.41. The molecule has 3 heteroatoms. The van der Waals surface area contributed by atoms with Crippen LogP contribution in [0, 0.1) is 5.92 Å². The molecular weight excluding hydrogens is 155 g/mol. The Kier molecular flexibility index (Phi) is 2.66. The molecule has 1 saturated carbocycles. The Bertz CT molecular complexity index is 132. The summed E-state index contributed by atoms with van der Waals surface area (Å²) in [5.74, 6) is -0.0926. The largest absolute Gasteiger partial charge is 0.278 e. The molecule has 1 fully saturated rings. The first-order chi connectivity index (χ1) is 4.72. The van der Waals surface area contributed by atoms with E-state index in [1.165, 1.54) is 0 Å². The molecule has 0 bridgehead atoms. The zero-order valence-corrected chi connectivity index (χ0v) is 6.40. The zero-order chi connectivity index (χ0) is 7.56. The highest BCUT2D eigenvalue weighted by Gasteiger charge is 2.28. The maximum Gasteiger partial charge on any atom is 0.256 e. The predicted octanol–water partition coefficient (Wildman–Crippen LogP) is 2.28. The topological polar surface area (TPSA) is 17.1 Å². The highest BCUT2D eigenvalue weighted by Crippen LogP contribution is 2.30. The number of alkyl halides is 1. The maximum atomic E-state index is 12.7. The van der Waals surface area contributed by atoms with Crippen molar-refractivity contribution in [3.8, 4) is 0 Å². The molecule has 1 unspecified atom stereocenters. The first-order valence-electron chi connectivity index (χ1n) is 3.55. The van der Waals surface area contributed by atoms with Crippen LogP contribution in [0.3, 0.4) is 0 Å². The Balaban J connectivity index is 2.39. The minimum absolute atomic E-state index is 0.0926. The van der Waals surface area contributed by atoms with Gasteiger partial charge in [-0.2, -0.15) is 0 Å². The molecule has 1 nitrogen and oxygen atoms in total. The van der Waals surface area contributed by atoms with E-state index in [0.717, 1.165) is 25.7 Å². The van der Waals surface area contributed by atoms with Crippen molar-refractivity contribution >= 4 is 16.8 Å². The van der Waals surface area contributed by atoms with Crippen molar-refractivity contribution in [3.63, 3.8) is 0 Å². The molecule has 0 aromatic rings. The second kappa shape index (κ2) is 3.33. The lowest BCUT2D eigenvalue weighted by molar-refractivity contribution is -0.117. The number of hydrogen-bond acceptors (Lipinski definition) is 1. The molecule has 58 valence electrons. The van der Waals surface area contributed by atoms with E-state index in [4.69, 9.17) is 11.6 Å². The molecule has 0 aliphatic heterocycles. The fraction of sp³-hybridized carbons (Fsp3) is 0.857. The predicted molar refractivity (Wildman–Crippen MR) is 37.7 cm³/mol. The number of rotatable bonds is 2. The standard InChI is InChI=1S/C7H10ClFO/c8-7(10)6(9)5-3-1-2-4-5/h5-6H,1-4H2. The number of carbonyl (C=O) groups is 1. The van der Waals surface area contributed by atoms with Gasteiger partial charge in [0.25, 0.3) is 5.24 Å². The monoisotopic (exact) mass is 164 g/mol. The molecule has 1 atom stereocenters. The van der Waals surface area contributed by atoms with Gasteiger partial charge in [0.15, 0.2) is 6.17 Å². The van der Waals surface area contributed by atoms with Crippen LogP contribution in [0.2, 0.25) is 0 Å². The van der Waals surface area contributed by atoms with Crippen LogP contribution in [0.1, 0.15) is 25.7 Å². The fourth-order valence-corrected chi connectivity index (χ4v) is 1.61. The van der Waals surface area contributed by atoms with E-state index in [9.17, 15) is 9.18 Å². The van der Waals surface area contributed by atoms with Gasteiger partial charge in [0.05, 0.1) is 0 Å². The van der Waals surface area contributed by atoms with Crippen molar-refractivity contribution in [2.45, 2.75) is 31.9 Å². The second-order valence-corrected chi connectivity index (χ2v) is 3.12. The number of hydrogen-bond donors (Lipinski definition) is 0. The minimum Gasteiger partial charge on any atom is -0.278 e. The average molecular weight is 165 g/mol. The van der Waals surface area contributed by atoms with Gasteiger partial charge >= 0.3 is 0 Å². The van der Waals surface area contributed by atoms with Crippen molar-refractivity contribution in [1.29, 1.82) is 0 Å². The lowest BCUT2D eigenvalue weighted by Gasteiger charge is -2.09. The molecule has 0 aromatic carbocycles. The first-order valence-corrected chi connectivity index (χ1v) is 3.93. The fourth-order valence-electron chi connectivity index (χ4n) is 1.44. The first kappa shape index (κ1) is 7.99. The molecule has 10 heavy (non-hydrogen) atoms. The van der Waals surface area contributed by atoms with Gasteiger partial charge < -0.3 is 0 Å². The van der Waals surface area contributed by atoms with Crippen LogP contribution in [-0.4, -0.2) is 11.4 Å². The van der Waals surface area contributed by atoms with Crippen LogP contribution < -0.4 is 0 Å². The van der Waals surface area contributed by atoms with E-state index in [2.05, 4.69) is 0 Å². The third kappa shape index (κ3) is 1.69. The van der Waals surface area contributed by atoms with Crippen LogP contribution in [0.25, 0.3) is 0 Å². The summed E-state index contributed by atoms with van der Waals surface area (Å²) < 4.78 is 12.7. The van der Waals surface area contributed by atoms with Crippen LogP contribution in [0.5, 0.6) is 0 Å². The Morgan fingerprint density at radius 1 is 1.50 bits per heavy atom. The Morgan fingerprint density at radius 2 is 2.00 bits per heavy atom. The quantitative estimate of drug-likeness (QED) is 0.573. The van der Waals surface area contributed by atoms with E-state index in [0.29, 0.717) is 0 Å². The zero-order valence-electron chi connectivity index (χ0n) is 5.65. The van der Waals surface area contributed by atoms with E-state index in [1.807, 2.05) is 0 Å². The van der Waals surface area contributed by atoms with Crippen LogP contribution >= 0.6 is 11.6 Å². The lowest BCUT2D eigenvalue weighted by atomic mass is 10.0. The highest BCUT2D eigenvalue weighted by molar-refractivity contribution is 6.64. The molecule has 0 amide bonds. The van der Waals surface area contributed by atoms with Crippen LogP contribution in [0.15, 0.2) is 0 Å². The summed E-state index contributed by atoms with van der Waals surface area (Å²) in [4.78, 5) is 10.3. The van der Waals surface area contributed by atoms with Crippen molar-refractivity contribution in [2.24, 2.45) is 5.92 Å². The average Bonchev–Trinajstić information content (AvgIpc) is 2.36. The van der Waals surface area contributed by atoms with Gasteiger partial charge in [-0.05, 0) is 30.4 Å². The molecular formula is C7H10ClFO. The maximum absolute atomic E-state index is 12.7. The van der Waals surface area contributed by atoms with Crippen molar-refractivity contribution in [2.75, 3.05) is 0 Å². The van der Waals surface area contributed by atoms with Crippen LogP contribution in [-0.2, 0) is 4.79 Å². The van der Waals surface area contributed by atoms with E-state index < -0.39 is 11.4 Å². The van der Waals surface area contributed by atoms with Crippen molar-refractivity contribution in [1.82, 2.24) is 0 Å². The molecule has 0 radical (unpaired) electrons. The summed E-state index contributed by atoms with van der Waals surface area (Å²) in [6.45, 7) is 0. The van der Waals surface area contributed by atoms with E-state index in [1.54, 1.807) is 0 Å². The van der Waals surface area contributed by atoms with E-state index in [-0.39, 0.29) is 5.92 Å². The molecule has 0 spiro atoms. The summed E-state index contributed by atoms with van der Waals surface area (Å²) >= 11 is 4.99. The SMILES string of the molecule is O=C(Cl)C(F)C1CCCC1. The van der Waals surface area contributed by atoms with Crippen molar-refractivity contribution < 1.29 is 9.18 Å². The molecule has 0 heterocycles. The van der Waals surface area contributed by atoms with Gasteiger partial charge in [0.1, 0.15) is 0 Å². The van der Waals surface area contributed by atoms with Gasteiger partial charge in [0.2, 0.25) is 0 Å². The summed E-state index contributed by atoms with van der Waals surface area (Å²) in [6, 6.07) is 0. The van der Waals surface area contributed by atoms with Gasteiger partial charge in [0, 0.05) is 0 Å². The third-order valence-corrected chi connectivity index (χ3v) is 2.24. The summed E-state index contributed by atoms with van der Waals surface area (Å²) in [6.07, 6.45) is 2.30. The molecule has 0 N–H and O–H groups in total. The second-order valence-electron chi connectivity index (χ2n) is 2.75. The Hall–Kier alpha value is -0.110. The Morgan fingerprint density at radius 3 is 2.40 bits per heavy atom. The van der Waals surface area contributed by atoms with Gasteiger partial charge in [-0.15, -0.1) is 0 Å². The van der Waals surface area contributed by atoms with E-state index >= 15 is 0 Å². The highest BCUT2D eigenvalue weighted by atomic mass is 35.5. The number of halogens is 2. The lowest BCUT2D eigenvalue weighted by Crippen LogP contribution is -2.18. The molecule has 0 aromatic heterocycles.